The second kappa shape index (κ2) is 7.79. The fourth-order valence-corrected chi connectivity index (χ4v) is 3.25. The van der Waals surface area contributed by atoms with Gasteiger partial charge in [-0.05, 0) is 64.5 Å². The van der Waals surface area contributed by atoms with Gasteiger partial charge in [0, 0.05) is 18.6 Å². The number of nitrogens with zero attached hydrogens (tertiary/aromatic N) is 1. The molecule has 0 aromatic carbocycles. The van der Waals surface area contributed by atoms with Crippen LogP contribution in [0.25, 0.3) is 0 Å². The number of rotatable bonds is 6. The maximum Gasteiger partial charge on any atom is 0.00967 e. The number of hydrogen-bond acceptors (Lipinski definition) is 2. The van der Waals surface area contributed by atoms with Crippen LogP contribution in [0.4, 0.5) is 0 Å². The maximum absolute atomic E-state index is 3.67. The average molecular weight is 283 g/mol. The summed E-state index contributed by atoms with van der Waals surface area (Å²) >= 11 is 0. The highest BCUT2D eigenvalue weighted by Gasteiger charge is 2.25. The lowest BCUT2D eigenvalue weighted by Gasteiger charge is -2.35. The van der Waals surface area contributed by atoms with Crippen molar-refractivity contribution in [3.05, 3.63) is 0 Å². The topological polar surface area (TPSA) is 15.3 Å². The van der Waals surface area contributed by atoms with E-state index in [2.05, 4.69) is 51.8 Å². The first-order valence-corrected chi connectivity index (χ1v) is 8.69. The largest absolute Gasteiger partial charge is 0.311 e. The quantitative estimate of drug-likeness (QED) is 0.781. The van der Waals surface area contributed by atoms with E-state index in [0.29, 0.717) is 5.41 Å². The summed E-state index contributed by atoms with van der Waals surface area (Å²) in [6.07, 6.45) is 7.05. The highest BCUT2D eigenvalue weighted by Crippen LogP contribution is 2.24. The Hall–Kier alpha value is -0.0800. The summed E-state index contributed by atoms with van der Waals surface area (Å²) in [6.45, 7) is 18.8. The first-order valence-electron chi connectivity index (χ1n) is 8.69. The van der Waals surface area contributed by atoms with E-state index >= 15 is 0 Å². The molecule has 1 fully saturated rings. The maximum atomic E-state index is 3.67. The van der Waals surface area contributed by atoms with Gasteiger partial charge in [0.15, 0.2) is 0 Å². The van der Waals surface area contributed by atoms with Crippen LogP contribution in [0.3, 0.4) is 0 Å². The van der Waals surface area contributed by atoms with Crippen LogP contribution >= 0.6 is 0 Å². The molecule has 1 aliphatic heterocycles. The van der Waals surface area contributed by atoms with Gasteiger partial charge in [-0.15, -0.1) is 0 Å². The standard InChI is InChI=1S/C18H38N2/c1-7-9-16-10-8-12-20(13-11-16)15-18(5,6)14-19-17(2,3)4/h16,19H,7-15H2,1-6H3. The second-order valence-corrected chi connectivity index (χ2v) is 8.63. The monoisotopic (exact) mass is 282 g/mol. The van der Waals surface area contributed by atoms with Crippen molar-refractivity contribution in [3.63, 3.8) is 0 Å². The first-order chi connectivity index (χ1) is 9.22. The van der Waals surface area contributed by atoms with E-state index in [4.69, 9.17) is 0 Å². The normalized spacial score (nSPS) is 22.8. The molecule has 0 aromatic rings. The zero-order valence-electron chi connectivity index (χ0n) is 14.9. The lowest BCUT2D eigenvalue weighted by atomic mass is 9.91. The summed E-state index contributed by atoms with van der Waals surface area (Å²) in [6, 6.07) is 0. The van der Waals surface area contributed by atoms with Crippen LogP contribution in [0.15, 0.2) is 0 Å². The predicted molar refractivity (Wildman–Crippen MR) is 90.2 cm³/mol. The molecule has 1 unspecified atom stereocenters. The molecule has 1 N–H and O–H groups in total. The van der Waals surface area contributed by atoms with Crippen molar-refractivity contribution in [2.45, 2.75) is 79.2 Å². The molecule has 0 bridgehead atoms. The molecular formula is C18H38N2. The molecule has 0 amide bonds. The summed E-state index contributed by atoms with van der Waals surface area (Å²) in [5, 5.41) is 3.67. The molecule has 0 radical (unpaired) electrons. The molecule has 20 heavy (non-hydrogen) atoms. The van der Waals surface area contributed by atoms with Crippen molar-refractivity contribution in [2.75, 3.05) is 26.2 Å². The molecule has 120 valence electrons. The number of hydrogen-bond donors (Lipinski definition) is 1. The Morgan fingerprint density at radius 2 is 1.75 bits per heavy atom. The summed E-state index contributed by atoms with van der Waals surface area (Å²) in [5.41, 5.74) is 0.583. The molecule has 0 spiro atoms. The zero-order valence-corrected chi connectivity index (χ0v) is 14.9. The van der Waals surface area contributed by atoms with Gasteiger partial charge >= 0.3 is 0 Å². The zero-order chi connectivity index (χ0) is 15.2. The van der Waals surface area contributed by atoms with E-state index in [1.54, 1.807) is 0 Å². The summed E-state index contributed by atoms with van der Waals surface area (Å²) in [7, 11) is 0. The molecule has 0 saturated carbocycles. The van der Waals surface area contributed by atoms with Gasteiger partial charge in [0.2, 0.25) is 0 Å². The van der Waals surface area contributed by atoms with Crippen molar-refractivity contribution >= 4 is 0 Å². The van der Waals surface area contributed by atoms with Crippen LogP contribution in [0, 0.1) is 11.3 Å². The Labute approximate surface area is 127 Å². The molecule has 1 aliphatic rings. The lowest BCUT2D eigenvalue weighted by Crippen LogP contribution is -2.46. The molecule has 2 heteroatoms. The van der Waals surface area contributed by atoms with Gasteiger partial charge in [-0.3, -0.25) is 0 Å². The molecule has 1 atom stereocenters. The first kappa shape index (κ1) is 18.0. The molecule has 1 heterocycles. The average Bonchev–Trinajstić information content (AvgIpc) is 2.52. The van der Waals surface area contributed by atoms with Crippen LogP contribution in [0.2, 0.25) is 0 Å². The van der Waals surface area contributed by atoms with Crippen molar-refractivity contribution < 1.29 is 0 Å². The highest BCUT2D eigenvalue weighted by molar-refractivity contribution is 4.82. The van der Waals surface area contributed by atoms with Gasteiger partial charge in [0.1, 0.15) is 0 Å². The molecule has 0 aliphatic carbocycles. The van der Waals surface area contributed by atoms with Crippen molar-refractivity contribution in [1.82, 2.24) is 10.2 Å². The minimum absolute atomic E-state index is 0.224. The summed E-state index contributed by atoms with van der Waals surface area (Å²) in [4.78, 5) is 2.71. The number of nitrogens with one attached hydrogen (secondary N) is 1. The third-order valence-electron chi connectivity index (χ3n) is 4.39. The van der Waals surface area contributed by atoms with Crippen LogP contribution in [0.5, 0.6) is 0 Å². The highest BCUT2D eigenvalue weighted by atomic mass is 15.1. The van der Waals surface area contributed by atoms with Crippen molar-refractivity contribution in [2.24, 2.45) is 11.3 Å². The Bertz CT molecular complexity index is 265. The van der Waals surface area contributed by atoms with E-state index in [1.165, 1.54) is 51.7 Å². The fraction of sp³-hybridized carbons (Fsp3) is 1.00. The van der Waals surface area contributed by atoms with E-state index in [9.17, 15) is 0 Å². The Kier molecular flexibility index (Phi) is 7.00. The molecule has 0 aromatic heterocycles. The van der Waals surface area contributed by atoms with Gasteiger partial charge < -0.3 is 10.2 Å². The Balaban J connectivity index is 2.38. The van der Waals surface area contributed by atoms with Gasteiger partial charge in [-0.25, -0.2) is 0 Å². The molecule has 1 rings (SSSR count). The van der Waals surface area contributed by atoms with Crippen molar-refractivity contribution in [3.8, 4) is 0 Å². The second-order valence-electron chi connectivity index (χ2n) is 8.63. The summed E-state index contributed by atoms with van der Waals surface area (Å²) in [5.74, 6) is 0.987. The third-order valence-corrected chi connectivity index (χ3v) is 4.39. The lowest BCUT2D eigenvalue weighted by molar-refractivity contribution is 0.168. The van der Waals surface area contributed by atoms with Crippen LogP contribution in [-0.2, 0) is 0 Å². The van der Waals surface area contributed by atoms with Gasteiger partial charge in [0.25, 0.3) is 0 Å². The van der Waals surface area contributed by atoms with E-state index < -0.39 is 0 Å². The van der Waals surface area contributed by atoms with E-state index in [0.717, 1.165) is 12.5 Å². The van der Waals surface area contributed by atoms with Gasteiger partial charge in [-0.1, -0.05) is 33.6 Å². The number of likely N-dealkylation sites (tertiary alicyclic amines) is 1. The van der Waals surface area contributed by atoms with Crippen LogP contribution in [0.1, 0.15) is 73.6 Å². The molecule has 1 saturated heterocycles. The summed E-state index contributed by atoms with van der Waals surface area (Å²) < 4.78 is 0. The molecule has 2 nitrogen and oxygen atoms in total. The van der Waals surface area contributed by atoms with E-state index in [-0.39, 0.29) is 5.54 Å². The molecular weight excluding hydrogens is 244 g/mol. The third kappa shape index (κ3) is 7.64. The van der Waals surface area contributed by atoms with Gasteiger partial charge in [-0.2, -0.15) is 0 Å². The van der Waals surface area contributed by atoms with E-state index in [1.807, 2.05) is 0 Å². The predicted octanol–water partition coefficient (Wildman–Crippen LogP) is 4.30. The van der Waals surface area contributed by atoms with Gasteiger partial charge in [0.05, 0.1) is 0 Å². The minimum Gasteiger partial charge on any atom is -0.311 e. The van der Waals surface area contributed by atoms with Crippen LogP contribution in [-0.4, -0.2) is 36.6 Å². The van der Waals surface area contributed by atoms with Crippen molar-refractivity contribution in [1.29, 1.82) is 0 Å². The Morgan fingerprint density at radius 3 is 2.35 bits per heavy atom. The fourth-order valence-electron chi connectivity index (χ4n) is 3.25. The Morgan fingerprint density at radius 1 is 1.05 bits per heavy atom. The minimum atomic E-state index is 0.224. The smallest absolute Gasteiger partial charge is 0.00967 e. The SMILES string of the molecule is CCCC1CCCN(CC(C)(C)CNC(C)(C)C)CC1. The van der Waals surface area contributed by atoms with Crippen LogP contribution < -0.4 is 5.32 Å².